The lowest BCUT2D eigenvalue weighted by Crippen LogP contribution is -2.34. The number of carbonyl (C=O) groups is 3. The molecule has 0 heterocycles. The SMILES string of the molecule is CCCCOc1ccc(C(=O)OCC(=O)NC(=O)c2ccccc2)cc1OC. The van der Waals surface area contributed by atoms with E-state index in [2.05, 4.69) is 12.2 Å². The molecule has 0 aromatic heterocycles. The fourth-order valence-electron chi connectivity index (χ4n) is 2.28. The highest BCUT2D eigenvalue weighted by Gasteiger charge is 2.15. The van der Waals surface area contributed by atoms with E-state index < -0.39 is 24.4 Å². The summed E-state index contributed by atoms with van der Waals surface area (Å²) in [4.78, 5) is 35.9. The Hall–Kier alpha value is -3.35. The maximum absolute atomic E-state index is 12.2. The van der Waals surface area contributed by atoms with Gasteiger partial charge in [-0.15, -0.1) is 0 Å². The third-order valence-electron chi connectivity index (χ3n) is 3.78. The molecule has 0 radical (unpaired) electrons. The number of amides is 2. The normalized spacial score (nSPS) is 10.1. The maximum Gasteiger partial charge on any atom is 0.338 e. The van der Waals surface area contributed by atoms with E-state index >= 15 is 0 Å². The zero-order valence-electron chi connectivity index (χ0n) is 15.9. The summed E-state index contributed by atoms with van der Waals surface area (Å²) in [6, 6.07) is 12.9. The topological polar surface area (TPSA) is 90.9 Å². The molecule has 0 aliphatic heterocycles. The molecule has 0 bridgehead atoms. The van der Waals surface area contributed by atoms with Gasteiger partial charge in [0.1, 0.15) is 0 Å². The molecule has 1 N–H and O–H groups in total. The van der Waals surface area contributed by atoms with Crippen LogP contribution >= 0.6 is 0 Å². The third kappa shape index (κ3) is 6.12. The van der Waals surface area contributed by atoms with Gasteiger partial charge in [-0.3, -0.25) is 14.9 Å². The smallest absolute Gasteiger partial charge is 0.338 e. The maximum atomic E-state index is 12.2. The average Bonchev–Trinajstić information content (AvgIpc) is 2.73. The van der Waals surface area contributed by atoms with E-state index in [1.54, 1.807) is 36.4 Å². The van der Waals surface area contributed by atoms with Gasteiger partial charge >= 0.3 is 5.97 Å². The Bertz CT molecular complexity index is 819. The number of ether oxygens (including phenoxy) is 3. The Kier molecular flexibility index (Phi) is 8.02. The number of unbranched alkanes of at least 4 members (excludes halogenated alkanes) is 1. The lowest BCUT2D eigenvalue weighted by Gasteiger charge is -2.12. The number of carbonyl (C=O) groups excluding carboxylic acids is 3. The molecule has 2 aromatic carbocycles. The molecule has 0 saturated carbocycles. The summed E-state index contributed by atoms with van der Waals surface area (Å²) in [7, 11) is 1.47. The van der Waals surface area contributed by atoms with Gasteiger partial charge in [0.25, 0.3) is 11.8 Å². The van der Waals surface area contributed by atoms with Crippen molar-refractivity contribution in [1.82, 2.24) is 5.32 Å². The molecule has 0 aliphatic carbocycles. The van der Waals surface area contributed by atoms with Crippen molar-refractivity contribution in [2.45, 2.75) is 19.8 Å². The van der Waals surface area contributed by atoms with Gasteiger partial charge < -0.3 is 14.2 Å². The van der Waals surface area contributed by atoms with E-state index in [0.29, 0.717) is 23.7 Å². The van der Waals surface area contributed by atoms with Crippen LogP contribution in [0.3, 0.4) is 0 Å². The number of benzene rings is 2. The first-order chi connectivity index (χ1) is 13.5. The minimum Gasteiger partial charge on any atom is -0.493 e. The van der Waals surface area contributed by atoms with Gasteiger partial charge in [-0.25, -0.2) is 4.79 Å². The number of esters is 1. The van der Waals surface area contributed by atoms with Crippen LogP contribution in [0.5, 0.6) is 11.5 Å². The van der Waals surface area contributed by atoms with Crippen LogP contribution in [0.2, 0.25) is 0 Å². The summed E-state index contributed by atoms with van der Waals surface area (Å²) >= 11 is 0. The van der Waals surface area contributed by atoms with Crippen molar-refractivity contribution < 1.29 is 28.6 Å². The molecule has 0 spiro atoms. The molecule has 28 heavy (non-hydrogen) atoms. The predicted octanol–water partition coefficient (Wildman–Crippen LogP) is 2.99. The number of nitrogens with one attached hydrogen (secondary N) is 1. The molecule has 2 amide bonds. The number of hydrogen-bond acceptors (Lipinski definition) is 6. The van der Waals surface area contributed by atoms with Crippen molar-refractivity contribution in [3.8, 4) is 11.5 Å². The van der Waals surface area contributed by atoms with Gasteiger partial charge in [-0.2, -0.15) is 0 Å². The van der Waals surface area contributed by atoms with Crippen molar-refractivity contribution >= 4 is 17.8 Å². The number of methoxy groups -OCH3 is 1. The molecule has 148 valence electrons. The lowest BCUT2D eigenvalue weighted by molar-refractivity contribution is -0.123. The molecule has 0 unspecified atom stereocenters. The molecule has 0 fully saturated rings. The fourth-order valence-corrected chi connectivity index (χ4v) is 2.28. The number of imide groups is 1. The van der Waals surface area contributed by atoms with Gasteiger partial charge in [-0.1, -0.05) is 31.5 Å². The summed E-state index contributed by atoms with van der Waals surface area (Å²) < 4.78 is 15.8. The van der Waals surface area contributed by atoms with E-state index in [9.17, 15) is 14.4 Å². The Morgan fingerprint density at radius 3 is 2.39 bits per heavy atom. The third-order valence-corrected chi connectivity index (χ3v) is 3.78. The van der Waals surface area contributed by atoms with Crippen LogP contribution in [0.4, 0.5) is 0 Å². The van der Waals surface area contributed by atoms with Gasteiger partial charge in [-0.05, 0) is 36.8 Å². The standard InChI is InChI=1S/C21H23NO6/c1-3-4-12-27-17-11-10-16(13-18(17)26-2)21(25)28-14-19(23)22-20(24)15-8-6-5-7-9-15/h5-11,13H,3-4,12,14H2,1-2H3,(H,22,23,24). The molecular formula is C21H23NO6. The van der Waals surface area contributed by atoms with Crippen molar-refractivity contribution in [2.75, 3.05) is 20.3 Å². The van der Waals surface area contributed by atoms with E-state index in [4.69, 9.17) is 14.2 Å². The molecular weight excluding hydrogens is 362 g/mol. The van der Waals surface area contributed by atoms with Crippen LogP contribution in [0, 0.1) is 0 Å². The highest BCUT2D eigenvalue weighted by Crippen LogP contribution is 2.28. The molecule has 0 atom stereocenters. The Labute approximate surface area is 163 Å². The quantitative estimate of drug-likeness (QED) is 0.527. The Morgan fingerprint density at radius 1 is 0.964 bits per heavy atom. The van der Waals surface area contributed by atoms with Crippen LogP contribution in [0.1, 0.15) is 40.5 Å². The van der Waals surface area contributed by atoms with E-state index in [1.807, 2.05) is 0 Å². The zero-order valence-corrected chi connectivity index (χ0v) is 15.9. The number of hydrogen-bond donors (Lipinski definition) is 1. The van der Waals surface area contributed by atoms with Crippen LogP contribution in [-0.4, -0.2) is 38.1 Å². The predicted molar refractivity (Wildman–Crippen MR) is 103 cm³/mol. The Morgan fingerprint density at radius 2 is 1.71 bits per heavy atom. The average molecular weight is 385 g/mol. The monoisotopic (exact) mass is 385 g/mol. The molecule has 7 heteroatoms. The van der Waals surface area contributed by atoms with E-state index in [1.165, 1.54) is 19.2 Å². The highest BCUT2D eigenvalue weighted by atomic mass is 16.5. The second kappa shape index (κ2) is 10.7. The van der Waals surface area contributed by atoms with Crippen molar-refractivity contribution in [2.24, 2.45) is 0 Å². The summed E-state index contributed by atoms with van der Waals surface area (Å²) in [6.07, 6.45) is 1.91. The second-order valence-electron chi connectivity index (χ2n) is 5.89. The molecule has 0 aliphatic rings. The van der Waals surface area contributed by atoms with Crippen LogP contribution in [0.25, 0.3) is 0 Å². The van der Waals surface area contributed by atoms with Crippen LogP contribution in [-0.2, 0) is 9.53 Å². The molecule has 2 rings (SSSR count). The number of rotatable bonds is 9. The first kappa shape index (κ1) is 21.0. The summed E-state index contributed by atoms with van der Waals surface area (Å²) in [5.41, 5.74) is 0.549. The van der Waals surface area contributed by atoms with Gasteiger partial charge in [0.05, 0.1) is 19.3 Å². The first-order valence-corrected chi connectivity index (χ1v) is 8.92. The lowest BCUT2D eigenvalue weighted by atomic mass is 10.2. The van der Waals surface area contributed by atoms with Gasteiger partial charge in [0, 0.05) is 5.56 Å². The van der Waals surface area contributed by atoms with Crippen LogP contribution < -0.4 is 14.8 Å². The highest BCUT2D eigenvalue weighted by molar-refractivity contribution is 6.05. The zero-order chi connectivity index (χ0) is 20.4. The fraction of sp³-hybridized carbons (Fsp3) is 0.286. The largest absolute Gasteiger partial charge is 0.493 e. The van der Waals surface area contributed by atoms with Crippen LogP contribution in [0.15, 0.2) is 48.5 Å². The van der Waals surface area contributed by atoms with Gasteiger partial charge in [0.15, 0.2) is 18.1 Å². The minimum atomic E-state index is -0.714. The summed E-state index contributed by atoms with van der Waals surface area (Å²) in [5, 5.41) is 2.16. The van der Waals surface area contributed by atoms with E-state index in [0.717, 1.165) is 12.8 Å². The van der Waals surface area contributed by atoms with Gasteiger partial charge in [0.2, 0.25) is 0 Å². The Balaban J connectivity index is 1.89. The summed E-state index contributed by atoms with van der Waals surface area (Å²) in [6.45, 7) is 2.03. The molecule has 0 saturated heterocycles. The second-order valence-corrected chi connectivity index (χ2v) is 5.89. The van der Waals surface area contributed by atoms with Crippen molar-refractivity contribution in [3.63, 3.8) is 0 Å². The van der Waals surface area contributed by atoms with E-state index in [-0.39, 0.29) is 5.56 Å². The summed E-state index contributed by atoms with van der Waals surface area (Å²) in [5.74, 6) is -1.06. The molecule has 7 nitrogen and oxygen atoms in total. The van der Waals surface area contributed by atoms with Crippen molar-refractivity contribution in [3.05, 3.63) is 59.7 Å². The van der Waals surface area contributed by atoms with Crippen molar-refractivity contribution in [1.29, 1.82) is 0 Å². The first-order valence-electron chi connectivity index (χ1n) is 8.92. The minimum absolute atomic E-state index is 0.210. The molecule has 2 aromatic rings.